The standard InChI is InChI=1S/C18H17N5O/c1-13-8-10-14(11-9-13)21-22-17(16(20)12-19)18(24)23(2)15-6-4-3-5-7-15/h3-11,20-21H,1-2H3. The molecule has 6 nitrogen and oxygen atoms in total. The molecule has 0 atom stereocenters. The van der Waals surface area contributed by atoms with Crippen LogP contribution in [0.3, 0.4) is 0 Å². The minimum absolute atomic E-state index is 0.246. The predicted molar refractivity (Wildman–Crippen MR) is 95.4 cm³/mol. The lowest BCUT2D eigenvalue weighted by Gasteiger charge is -2.17. The van der Waals surface area contributed by atoms with Gasteiger partial charge in [-0.1, -0.05) is 35.9 Å². The summed E-state index contributed by atoms with van der Waals surface area (Å²) in [4.78, 5) is 13.9. The van der Waals surface area contributed by atoms with E-state index < -0.39 is 11.6 Å². The molecule has 0 spiro atoms. The Bertz CT molecular complexity index is 804. The van der Waals surface area contributed by atoms with Crippen molar-refractivity contribution in [3.05, 3.63) is 60.2 Å². The van der Waals surface area contributed by atoms with E-state index in [4.69, 9.17) is 10.7 Å². The first-order valence-electron chi connectivity index (χ1n) is 7.25. The number of hydrazone groups is 1. The largest absolute Gasteiger partial charge is 0.310 e. The second-order valence-electron chi connectivity index (χ2n) is 5.12. The van der Waals surface area contributed by atoms with Crippen LogP contribution in [-0.2, 0) is 4.79 Å². The average molecular weight is 319 g/mol. The van der Waals surface area contributed by atoms with Gasteiger partial charge < -0.3 is 4.90 Å². The number of amides is 1. The third-order valence-corrected chi connectivity index (χ3v) is 3.35. The maximum absolute atomic E-state index is 12.6. The van der Waals surface area contributed by atoms with Gasteiger partial charge in [-0.15, -0.1) is 0 Å². The number of nitriles is 1. The van der Waals surface area contributed by atoms with E-state index in [1.54, 1.807) is 49.5 Å². The van der Waals surface area contributed by atoms with Crippen LogP contribution >= 0.6 is 0 Å². The van der Waals surface area contributed by atoms with Gasteiger partial charge in [0.15, 0.2) is 11.4 Å². The van der Waals surface area contributed by atoms with Crippen molar-refractivity contribution in [2.45, 2.75) is 6.92 Å². The zero-order valence-corrected chi connectivity index (χ0v) is 13.4. The van der Waals surface area contributed by atoms with Crippen molar-refractivity contribution in [2.24, 2.45) is 5.10 Å². The lowest BCUT2D eigenvalue weighted by molar-refractivity contribution is -0.112. The van der Waals surface area contributed by atoms with Crippen molar-refractivity contribution >= 4 is 28.7 Å². The van der Waals surface area contributed by atoms with Gasteiger partial charge in [0.1, 0.15) is 6.07 Å². The molecule has 0 unspecified atom stereocenters. The zero-order valence-electron chi connectivity index (χ0n) is 13.4. The zero-order chi connectivity index (χ0) is 17.5. The third kappa shape index (κ3) is 4.05. The quantitative estimate of drug-likeness (QED) is 0.655. The number of hydrogen-bond donors (Lipinski definition) is 2. The molecule has 0 heterocycles. The second kappa shape index (κ2) is 7.70. The minimum Gasteiger partial charge on any atom is -0.310 e. The number of para-hydroxylation sites is 1. The van der Waals surface area contributed by atoms with E-state index in [1.165, 1.54) is 4.90 Å². The molecule has 1 amide bonds. The van der Waals surface area contributed by atoms with Gasteiger partial charge in [0.2, 0.25) is 0 Å². The molecule has 2 N–H and O–H groups in total. The van der Waals surface area contributed by atoms with Gasteiger partial charge in [-0.25, -0.2) is 0 Å². The lowest BCUT2D eigenvalue weighted by Crippen LogP contribution is -2.37. The van der Waals surface area contributed by atoms with Crippen LogP contribution < -0.4 is 10.3 Å². The van der Waals surface area contributed by atoms with Crippen molar-refractivity contribution < 1.29 is 4.79 Å². The summed E-state index contributed by atoms with van der Waals surface area (Å²) in [6.07, 6.45) is 0. The summed E-state index contributed by atoms with van der Waals surface area (Å²) in [7, 11) is 1.57. The van der Waals surface area contributed by atoms with Crippen LogP contribution in [0.4, 0.5) is 11.4 Å². The molecule has 6 heteroatoms. The van der Waals surface area contributed by atoms with Crippen molar-refractivity contribution in [3.8, 4) is 6.07 Å². The molecule has 0 aliphatic heterocycles. The topological polar surface area (TPSA) is 92.3 Å². The molecule has 24 heavy (non-hydrogen) atoms. The first kappa shape index (κ1) is 16.9. The molecular formula is C18H17N5O. The Hall–Kier alpha value is -3.46. The number of anilines is 2. The van der Waals surface area contributed by atoms with E-state index in [-0.39, 0.29) is 5.71 Å². The molecule has 0 saturated heterocycles. The fourth-order valence-corrected chi connectivity index (χ4v) is 1.94. The highest BCUT2D eigenvalue weighted by Gasteiger charge is 2.22. The summed E-state index contributed by atoms with van der Waals surface area (Å²) >= 11 is 0. The van der Waals surface area contributed by atoms with Crippen LogP contribution in [0.1, 0.15) is 5.56 Å². The molecule has 0 bridgehead atoms. The number of carbonyl (C=O) groups is 1. The van der Waals surface area contributed by atoms with Crippen LogP contribution in [0.25, 0.3) is 0 Å². The highest BCUT2D eigenvalue weighted by Crippen LogP contribution is 2.13. The average Bonchev–Trinajstić information content (AvgIpc) is 2.63. The van der Waals surface area contributed by atoms with Gasteiger partial charge in [-0.3, -0.25) is 15.6 Å². The van der Waals surface area contributed by atoms with E-state index >= 15 is 0 Å². The first-order valence-corrected chi connectivity index (χ1v) is 7.25. The molecular weight excluding hydrogens is 302 g/mol. The maximum atomic E-state index is 12.6. The van der Waals surface area contributed by atoms with Gasteiger partial charge >= 0.3 is 0 Å². The van der Waals surface area contributed by atoms with Gasteiger partial charge in [0.05, 0.1) is 5.69 Å². The Morgan fingerprint density at radius 3 is 2.38 bits per heavy atom. The molecule has 0 aliphatic carbocycles. The Balaban J connectivity index is 2.26. The van der Waals surface area contributed by atoms with E-state index in [2.05, 4.69) is 10.5 Å². The number of benzene rings is 2. The Morgan fingerprint density at radius 2 is 1.79 bits per heavy atom. The number of nitrogens with one attached hydrogen (secondary N) is 2. The van der Waals surface area contributed by atoms with E-state index in [1.807, 2.05) is 25.1 Å². The highest BCUT2D eigenvalue weighted by atomic mass is 16.2. The van der Waals surface area contributed by atoms with E-state index in [9.17, 15) is 4.79 Å². The molecule has 2 aromatic rings. The van der Waals surface area contributed by atoms with Crippen LogP contribution in [0.5, 0.6) is 0 Å². The van der Waals surface area contributed by atoms with Crippen molar-refractivity contribution in [3.63, 3.8) is 0 Å². The van der Waals surface area contributed by atoms with Crippen LogP contribution in [-0.4, -0.2) is 24.4 Å². The maximum Gasteiger partial charge on any atom is 0.281 e. The molecule has 0 aromatic heterocycles. The monoisotopic (exact) mass is 319 g/mol. The SMILES string of the molecule is Cc1ccc(NN=C(C(=N)C#N)C(=O)N(C)c2ccccc2)cc1. The summed E-state index contributed by atoms with van der Waals surface area (Å²) in [6, 6.07) is 18.0. The Labute approximate surface area is 140 Å². The summed E-state index contributed by atoms with van der Waals surface area (Å²) in [6.45, 7) is 1.96. The van der Waals surface area contributed by atoms with E-state index in [0.29, 0.717) is 11.4 Å². The fourth-order valence-electron chi connectivity index (χ4n) is 1.94. The second-order valence-corrected chi connectivity index (χ2v) is 5.12. The molecule has 0 saturated carbocycles. The summed E-state index contributed by atoms with van der Waals surface area (Å²) < 4.78 is 0. The normalized spacial score (nSPS) is 10.6. The summed E-state index contributed by atoms with van der Waals surface area (Å²) in [5.41, 5.74) is 4.39. The van der Waals surface area contributed by atoms with Gasteiger partial charge in [-0.2, -0.15) is 10.4 Å². The first-order chi connectivity index (χ1) is 11.5. The molecule has 120 valence electrons. The van der Waals surface area contributed by atoms with Crippen LogP contribution in [0.2, 0.25) is 0 Å². The highest BCUT2D eigenvalue weighted by molar-refractivity contribution is 6.71. The number of hydrogen-bond acceptors (Lipinski definition) is 5. The molecule has 0 fully saturated rings. The van der Waals surface area contributed by atoms with Crippen LogP contribution in [0.15, 0.2) is 59.7 Å². The molecule has 2 rings (SSSR count). The van der Waals surface area contributed by atoms with Gasteiger partial charge in [-0.05, 0) is 31.2 Å². The smallest absolute Gasteiger partial charge is 0.281 e. The third-order valence-electron chi connectivity index (χ3n) is 3.35. The summed E-state index contributed by atoms with van der Waals surface area (Å²) in [5, 5.41) is 20.7. The van der Waals surface area contributed by atoms with Crippen molar-refractivity contribution in [2.75, 3.05) is 17.4 Å². The Morgan fingerprint density at radius 1 is 1.17 bits per heavy atom. The Kier molecular flexibility index (Phi) is 5.42. The van der Waals surface area contributed by atoms with Gasteiger partial charge in [0, 0.05) is 12.7 Å². The van der Waals surface area contributed by atoms with Crippen LogP contribution in [0, 0.1) is 23.7 Å². The number of nitrogens with zero attached hydrogens (tertiary/aromatic N) is 3. The summed E-state index contributed by atoms with van der Waals surface area (Å²) in [5.74, 6) is -0.535. The fraction of sp³-hybridized carbons (Fsp3) is 0.111. The number of carbonyl (C=O) groups excluding carboxylic acids is 1. The van der Waals surface area contributed by atoms with Gasteiger partial charge in [0.25, 0.3) is 5.91 Å². The van der Waals surface area contributed by atoms with Crippen molar-refractivity contribution in [1.82, 2.24) is 0 Å². The number of rotatable bonds is 5. The minimum atomic E-state index is -0.535. The lowest BCUT2D eigenvalue weighted by atomic mass is 10.2. The molecule has 0 radical (unpaired) electrons. The van der Waals surface area contributed by atoms with E-state index in [0.717, 1.165) is 5.56 Å². The molecule has 0 aliphatic rings. The predicted octanol–water partition coefficient (Wildman–Crippen LogP) is 2.97. The molecule has 2 aromatic carbocycles. The number of aryl methyl sites for hydroxylation is 1. The van der Waals surface area contributed by atoms with Crippen molar-refractivity contribution in [1.29, 1.82) is 10.7 Å².